The third-order valence-corrected chi connectivity index (χ3v) is 4.75. The first-order chi connectivity index (χ1) is 11.7. The van der Waals surface area contributed by atoms with Gasteiger partial charge in [0.25, 0.3) is 0 Å². The van der Waals surface area contributed by atoms with Crippen LogP contribution in [-0.2, 0) is 11.3 Å². The molecule has 1 aliphatic rings. The number of fused-ring (bicyclic) bond motifs is 1. The highest BCUT2D eigenvalue weighted by molar-refractivity contribution is 6.33. The lowest BCUT2D eigenvalue weighted by Crippen LogP contribution is -2.42. The van der Waals surface area contributed by atoms with Crippen LogP contribution < -0.4 is 0 Å². The van der Waals surface area contributed by atoms with Crippen LogP contribution in [0.2, 0.25) is 5.15 Å². The molecule has 24 heavy (non-hydrogen) atoms. The number of imidazole rings is 1. The first-order valence-electron chi connectivity index (χ1n) is 7.83. The van der Waals surface area contributed by atoms with Gasteiger partial charge in [-0.25, -0.2) is 19.3 Å². The fraction of sp³-hybridized carbons (Fsp3) is 0.353. The molecule has 124 valence electrons. The molecular weight excluding hydrogens is 331 g/mol. The molecule has 1 aliphatic carbocycles. The molecule has 0 N–H and O–H groups in total. The third-order valence-electron chi connectivity index (χ3n) is 4.48. The van der Waals surface area contributed by atoms with Crippen molar-refractivity contribution < 1.29 is 9.13 Å². The molecule has 1 aromatic carbocycles. The topological polar surface area (TPSA) is 52.8 Å². The molecule has 3 atom stereocenters. The summed E-state index contributed by atoms with van der Waals surface area (Å²) in [4.78, 5) is 12.3. The average molecular weight is 347 g/mol. The van der Waals surface area contributed by atoms with Gasteiger partial charge in [-0.1, -0.05) is 41.9 Å². The lowest BCUT2D eigenvalue weighted by Gasteiger charge is -2.40. The average Bonchev–Trinajstić information content (AvgIpc) is 3.03. The van der Waals surface area contributed by atoms with Crippen LogP contribution >= 0.6 is 11.6 Å². The van der Waals surface area contributed by atoms with Crippen LogP contribution in [0.4, 0.5) is 4.39 Å². The molecule has 0 aliphatic heterocycles. The molecule has 0 spiro atoms. The highest BCUT2D eigenvalue weighted by atomic mass is 35.5. The Bertz CT molecular complexity index is 841. The van der Waals surface area contributed by atoms with E-state index in [0.29, 0.717) is 30.8 Å². The van der Waals surface area contributed by atoms with Gasteiger partial charge in [-0.2, -0.15) is 0 Å². The molecule has 0 unspecified atom stereocenters. The summed E-state index contributed by atoms with van der Waals surface area (Å²) in [5.74, 6) is -0.103. The molecule has 1 fully saturated rings. The van der Waals surface area contributed by atoms with Crippen molar-refractivity contribution >= 4 is 22.8 Å². The number of halogens is 2. The van der Waals surface area contributed by atoms with Gasteiger partial charge in [0.05, 0.1) is 25.6 Å². The predicted octanol–water partition coefficient (Wildman–Crippen LogP) is 3.60. The van der Waals surface area contributed by atoms with Crippen LogP contribution in [-0.4, -0.2) is 32.3 Å². The summed E-state index contributed by atoms with van der Waals surface area (Å²) in [6.07, 6.45) is 2.67. The van der Waals surface area contributed by atoms with E-state index >= 15 is 0 Å². The van der Waals surface area contributed by atoms with E-state index in [9.17, 15) is 4.39 Å². The van der Waals surface area contributed by atoms with Gasteiger partial charge in [-0.05, 0) is 12.0 Å². The molecule has 3 aromatic rings. The molecule has 0 radical (unpaired) electrons. The van der Waals surface area contributed by atoms with Crippen molar-refractivity contribution in [2.75, 3.05) is 6.61 Å². The SMILES string of the molecule is F[C@H]1[C@@H](COCc2ccccc2)C[C@H]1n1cnc2c(Cl)ncnc21. The van der Waals surface area contributed by atoms with Crippen LogP contribution in [0.15, 0.2) is 43.0 Å². The lowest BCUT2D eigenvalue weighted by atomic mass is 9.78. The minimum Gasteiger partial charge on any atom is -0.376 e. The van der Waals surface area contributed by atoms with E-state index in [1.54, 1.807) is 10.9 Å². The fourth-order valence-corrected chi connectivity index (χ4v) is 3.26. The van der Waals surface area contributed by atoms with E-state index in [4.69, 9.17) is 16.3 Å². The summed E-state index contributed by atoms with van der Waals surface area (Å²) in [6, 6.07) is 9.62. The predicted molar refractivity (Wildman–Crippen MR) is 88.5 cm³/mol. The highest BCUT2D eigenvalue weighted by Gasteiger charge is 2.43. The zero-order chi connectivity index (χ0) is 16.5. The number of aromatic nitrogens is 4. The second kappa shape index (κ2) is 6.45. The van der Waals surface area contributed by atoms with Crippen LogP contribution in [0, 0.1) is 5.92 Å². The van der Waals surface area contributed by atoms with E-state index in [0.717, 1.165) is 5.56 Å². The second-order valence-corrected chi connectivity index (χ2v) is 6.35. The zero-order valence-corrected chi connectivity index (χ0v) is 13.6. The Balaban J connectivity index is 1.37. The van der Waals surface area contributed by atoms with Crippen molar-refractivity contribution in [2.45, 2.75) is 25.2 Å². The van der Waals surface area contributed by atoms with Gasteiger partial charge < -0.3 is 9.30 Å². The van der Waals surface area contributed by atoms with Crippen molar-refractivity contribution in [3.05, 3.63) is 53.7 Å². The van der Waals surface area contributed by atoms with Gasteiger partial charge in [-0.15, -0.1) is 0 Å². The zero-order valence-electron chi connectivity index (χ0n) is 12.8. The molecule has 0 saturated heterocycles. The fourth-order valence-electron chi connectivity index (χ4n) is 3.08. The monoisotopic (exact) mass is 346 g/mol. The number of hydrogen-bond donors (Lipinski definition) is 0. The van der Waals surface area contributed by atoms with Crippen molar-refractivity contribution in [2.24, 2.45) is 5.92 Å². The maximum Gasteiger partial charge on any atom is 0.165 e. The summed E-state index contributed by atoms with van der Waals surface area (Å²) in [6.45, 7) is 0.917. The molecule has 4 rings (SSSR count). The molecule has 2 heterocycles. The van der Waals surface area contributed by atoms with Crippen LogP contribution in [0.5, 0.6) is 0 Å². The van der Waals surface area contributed by atoms with Crippen molar-refractivity contribution in [1.82, 2.24) is 19.5 Å². The number of nitrogens with zero attached hydrogens (tertiary/aromatic N) is 4. The second-order valence-electron chi connectivity index (χ2n) is 6.00. The first-order valence-corrected chi connectivity index (χ1v) is 8.20. The van der Waals surface area contributed by atoms with Gasteiger partial charge in [0.1, 0.15) is 18.0 Å². The highest BCUT2D eigenvalue weighted by Crippen LogP contribution is 2.42. The Morgan fingerprint density at radius 1 is 1.21 bits per heavy atom. The number of benzene rings is 1. The van der Waals surface area contributed by atoms with Gasteiger partial charge in [-0.3, -0.25) is 0 Å². The number of alkyl halides is 1. The molecular formula is C17H16ClFN4O. The molecule has 2 aromatic heterocycles. The van der Waals surface area contributed by atoms with Crippen LogP contribution in [0.1, 0.15) is 18.0 Å². The van der Waals surface area contributed by atoms with Crippen molar-refractivity contribution in [3.8, 4) is 0 Å². The van der Waals surface area contributed by atoms with Crippen LogP contribution in [0.25, 0.3) is 11.2 Å². The van der Waals surface area contributed by atoms with E-state index < -0.39 is 6.17 Å². The third kappa shape index (κ3) is 2.76. The van der Waals surface area contributed by atoms with E-state index in [1.165, 1.54) is 6.33 Å². The Hall–Kier alpha value is -2.05. The molecule has 0 amide bonds. The summed E-state index contributed by atoms with van der Waals surface area (Å²) >= 11 is 5.99. The summed E-state index contributed by atoms with van der Waals surface area (Å²) in [5, 5.41) is 0.288. The lowest BCUT2D eigenvalue weighted by molar-refractivity contribution is -0.0290. The Morgan fingerprint density at radius 3 is 2.83 bits per heavy atom. The Labute approximate surface area is 143 Å². The largest absolute Gasteiger partial charge is 0.376 e. The minimum absolute atomic E-state index is 0.103. The minimum atomic E-state index is -0.980. The van der Waals surface area contributed by atoms with Crippen molar-refractivity contribution in [3.63, 3.8) is 0 Å². The molecule has 1 saturated carbocycles. The smallest absolute Gasteiger partial charge is 0.165 e. The maximum absolute atomic E-state index is 14.6. The van der Waals surface area contributed by atoms with E-state index in [1.807, 2.05) is 30.3 Å². The standard InChI is InChI=1S/C17H16ClFN4O/c18-16-15-17(21-9-20-16)23(10-22-15)13-6-12(14(13)19)8-24-7-11-4-2-1-3-5-11/h1-5,9-10,12-14H,6-8H2/t12-,13-,14+/m1/s1. The summed E-state index contributed by atoms with van der Waals surface area (Å²) in [7, 11) is 0. The molecule has 5 nitrogen and oxygen atoms in total. The van der Waals surface area contributed by atoms with Gasteiger partial charge in [0.2, 0.25) is 0 Å². The van der Waals surface area contributed by atoms with Gasteiger partial charge >= 0.3 is 0 Å². The van der Waals surface area contributed by atoms with Crippen LogP contribution in [0.3, 0.4) is 0 Å². The van der Waals surface area contributed by atoms with Crippen molar-refractivity contribution in [1.29, 1.82) is 0 Å². The summed E-state index contributed by atoms with van der Waals surface area (Å²) in [5.41, 5.74) is 2.18. The maximum atomic E-state index is 14.6. The summed E-state index contributed by atoms with van der Waals surface area (Å²) < 4.78 is 22.0. The first kappa shape index (κ1) is 15.5. The number of hydrogen-bond acceptors (Lipinski definition) is 4. The number of rotatable bonds is 5. The van der Waals surface area contributed by atoms with Gasteiger partial charge in [0.15, 0.2) is 10.8 Å². The quantitative estimate of drug-likeness (QED) is 0.662. The van der Waals surface area contributed by atoms with E-state index in [2.05, 4.69) is 15.0 Å². The molecule has 7 heteroatoms. The van der Waals surface area contributed by atoms with E-state index in [-0.39, 0.29) is 17.1 Å². The van der Waals surface area contributed by atoms with Gasteiger partial charge in [0, 0.05) is 5.92 Å². The molecule has 0 bridgehead atoms. The Kier molecular flexibility index (Phi) is 4.16. The Morgan fingerprint density at radius 2 is 2.04 bits per heavy atom. The number of ether oxygens (including phenoxy) is 1. The normalized spacial score (nSPS) is 23.3.